The molecule has 0 radical (unpaired) electrons. The summed E-state index contributed by atoms with van der Waals surface area (Å²) in [5.74, 6) is -0.204. The van der Waals surface area contributed by atoms with E-state index in [-0.39, 0.29) is 17.5 Å². The van der Waals surface area contributed by atoms with Crippen molar-refractivity contribution in [1.29, 1.82) is 0 Å². The summed E-state index contributed by atoms with van der Waals surface area (Å²) >= 11 is 11.8. The predicted molar refractivity (Wildman–Crippen MR) is 98.5 cm³/mol. The number of nitrogens with zero attached hydrogens (tertiary/aromatic N) is 2. The zero-order valence-electron chi connectivity index (χ0n) is 14.0. The number of carbonyl (C=O) groups excluding carboxylic acids is 2. The Morgan fingerprint density at radius 2 is 1.96 bits per heavy atom. The molecule has 9 heteroatoms. The molecule has 2 N–H and O–H groups in total. The molecule has 2 amide bonds. The highest BCUT2D eigenvalue weighted by Crippen LogP contribution is 2.28. The van der Waals surface area contributed by atoms with Crippen molar-refractivity contribution < 1.29 is 14.3 Å². The zero-order valence-corrected chi connectivity index (χ0v) is 15.5. The van der Waals surface area contributed by atoms with Crippen LogP contribution >= 0.6 is 23.2 Å². The Labute approximate surface area is 161 Å². The van der Waals surface area contributed by atoms with Gasteiger partial charge >= 0.3 is 0 Å². The maximum Gasteiger partial charge on any atom is 0.271 e. The van der Waals surface area contributed by atoms with Crippen molar-refractivity contribution in [2.75, 3.05) is 13.1 Å². The first-order valence-corrected chi connectivity index (χ1v) is 8.66. The molecule has 0 unspecified atom stereocenters. The van der Waals surface area contributed by atoms with Crippen molar-refractivity contribution in [2.24, 2.45) is 0 Å². The van der Waals surface area contributed by atoms with E-state index in [1.807, 2.05) is 0 Å². The highest BCUT2D eigenvalue weighted by Gasteiger charge is 2.15. The van der Waals surface area contributed by atoms with Crippen molar-refractivity contribution in [2.45, 2.75) is 19.4 Å². The lowest BCUT2D eigenvalue weighted by Gasteiger charge is -2.15. The number of amides is 2. The standard InChI is InChI=1S/C17H18Cl2N4O3/c1-11(26-15-4-3-12(18)9-13(15)19)16(24)22-5-2-6-23-17(25)14-10-20-7-8-21-14/h3-4,7-11H,2,5-6H2,1H3,(H,22,24)(H,23,25)/t11-/m1/s1. The number of hydrogen-bond acceptors (Lipinski definition) is 5. The lowest BCUT2D eigenvalue weighted by molar-refractivity contribution is -0.127. The minimum atomic E-state index is -0.720. The quantitative estimate of drug-likeness (QED) is 0.668. The summed E-state index contributed by atoms with van der Waals surface area (Å²) in [6.45, 7) is 2.41. The van der Waals surface area contributed by atoms with Crippen LogP contribution in [0.2, 0.25) is 10.0 Å². The van der Waals surface area contributed by atoms with Gasteiger partial charge in [-0.1, -0.05) is 23.2 Å². The van der Waals surface area contributed by atoms with Crippen LogP contribution in [0.4, 0.5) is 0 Å². The molecule has 1 heterocycles. The predicted octanol–water partition coefficient (Wildman–Crippen LogP) is 2.49. The van der Waals surface area contributed by atoms with E-state index in [4.69, 9.17) is 27.9 Å². The molecule has 0 aliphatic rings. The summed E-state index contributed by atoms with van der Waals surface area (Å²) in [6.07, 6.45) is 4.17. The molecule has 2 aromatic rings. The molecule has 1 atom stereocenters. The van der Waals surface area contributed by atoms with Crippen LogP contribution in [-0.4, -0.2) is 41.0 Å². The monoisotopic (exact) mass is 396 g/mol. The van der Waals surface area contributed by atoms with E-state index in [1.54, 1.807) is 25.1 Å². The van der Waals surface area contributed by atoms with Gasteiger partial charge in [0.05, 0.1) is 11.2 Å². The number of halogens is 2. The van der Waals surface area contributed by atoms with Crippen LogP contribution in [0.3, 0.4) is 0 Å². The van der Waals surface area contributed by atoms with Gasteiger partial charge in [-0.2, -0.15) is 0 Å². The number of benzene rings is 1. The summed E-state index contributed by atoms with van der Waals surface area (Å²) in [7, 11) is 0. The number of hydrogen-bond donors (Lipinski definition) is 2. The van der Waals surface area contributed by atoms with Gasteiger partial charge in [-0.15, -0.1) is 0 Å². The van der Waals surface area contributed by atoms with E-state index in [1.165, 1.54) is 18.6 Å². The zero-order chi connectivity index (χ0) is 18.9. The molecule has 0 aliphatic carbocycles. The second kappa shape index (κ2) is 9.94. The third-order valence-electron chi connectivity index (χ3n) is 3.30. The minimum absolute atomic E-state index is 0.249. The molecule has 0 saturated heterocycles. The number of aromatic nitrogens is 2. The molecule has 2 rings (SSSR count). The maximum atomic E-state index is 12.0. The molecule has 1 aromatic carbocycles. The first kappa shape index (κ1) is 19.9. The maximum absolute atomic E-state index is 12.0. The van der Waals surface area contributed by atoms with Gasteiger partial charge in [0.2, 0.25) is 0 Å². The topological polar surface area (TPSA) is 93.2 Å². The SMILES string of the molecule is C[C@@H](Oc1ccc(Cl)cc1Cl)C(=O)NCCCNC(=O)c1cnccn1. The number of ether oxygens (including phenoxy) is 1. The van der Waals surface area contributed by atoms with Crippen molar-refractivity contribution in [1.82, 2.24) is 20.6 Å². The minimum Gasteiger partial charge on any atom is -0.479 e. The molecule has 138 valence electrons. The Hall–Kier alpha value is -2.38. The molecular weight excluding hydrogens is 379 g/mol. The largest absolute Gasteiger partial charge is 0.479 e. The van der Waals surface area contributed by atoms with E-state index < -0.39 is 6.10 Å². The average Bonchev–Trinajstić information content (AvgIpc) is 2.64. The Morgan fingerprint density at radius 1 is 1.19 bits per heavy atom. The lowest BCUT2D eigenvalue weighted by atomic mass is 10.3. The van der Waals surface area contributed by atoms with Crippen molar-refractivity contribution in [3.05, 3.63) is 52.5 Å². The van der Waals surface area contributed by atoms with Gasteiger partial charge in [0.25, 0.3) is 11.8 Å². The molecule has 0 aliphatic heterocycles. The molecule has 0 bridgehead atoms. The highest BCUT2D eigenvalue weighted by atomic mass is 35.5. The average molecular weight is 397 g/mol. The van der Waals surface area contributed by atoms with Crippen LogP contribution < -0.4 is 15.4 Å². The fourth-order valence-corrected chi connectivity index (χ4v) is 2.42. The van der Waals surface area contributed by atoms with Gasteiger partial charge in [0, 0.05) is 30.5 Å². The van der Waals surface area contributed by atoms with Gasteiger partial charge in [-0.3, -0.25) is 14.6 Å². The van der Waals surface area contributed by atoms with Crippen LogP contribution in [0, 0.1) is 0 Å². The summed E-state index contributed by atoms with van der Waals surface area (Å²) in [5.41, 5.74) is 0.249. The highest BCUT2D eigenvalue weighted by molar-refractivity contribution is 6.35. The Kier molecular flexibility index (Phi) is 7.62. The molecule has 1 aromatic heterocycles. The van der Waals surface area contributed by atoms with Gasteiger partial charge in [0.1, 0.15) is 11.4 Å². The Bertz CT molecular complexity index is 759. The van der Waals surface area contributed by atoms with Gasteiger partial charge in [0.15, 0.2) is 6.10 Å². The van der Waals surface area contributed by atoms with Crippen molar-refractivity contribution >= 4 is 35.0 Å². The third kappa shape index (κ3) is 6.16. The van der Waals surface area contributed by atoms with E-state index in [2.05, 4.69) is 20.6 Å². The first-order chi connectivity index (χ1) is 12.5. The van der Waals surface area contributed by atoms with Gasteiger partial charge < -0.3 is 15.4 Å². The Balaban J connectivity index is 1.67. The van der Waals surface area contributed by atoms with Crippen LogP contribution in [-0.2, 0) is 4.79 Å². The van der Waals surface area contributed by atoms with Crippen LogP contribution in [0.5, 0.6) is 5.75 Å². The summed E-state index contributed by atoms with van der Waals surface area (Å²) in [4.78, 5) is 31.5. The van der Waals surface area contributed by atoms with Gasteiger partial charge in [-0.05, 0) is 31.5 Å². The number of nitrogens with one attached hydrogen (secondary N) is 2. The fourth-order valence-electron chi connectivity index (χ4n) is 1.97. The summed E-state index contributed by atoms with van der Waals surface area (Å²) in [5, 5.41) is 6.26. The van der Waals surface area contributed by atoms with Crippen LogP contribution in [0.25, 0.3) is 0 Å². The normalized spacial score (nSPS) is 11.5. The number of carbonyl (C=O) groups is 2. The van der Waals surface area contributed by atoms with Gasteiger partial charge in [-0.25, -0.2) is 4.98 Å². The fraction of sp³-hybridized carbons (Fsp3) is 0.294. The van der Waals surface area contributed by atoms with E-state index in [9.17, 15) is 9.59 Å². The summed E-state index contributed by atoms with van der Waals surface area (Å²) in [6, 6.07) is 4.78. The number of rotatable bonds is 8. The first-order valence-electron chi connectivity index (χ1n) is 7.91. The van der Waals surface area contributed by atoms with E-state index >= 15 is 0 Å². The Morgan fingerprint density at radius 3 is 2.65 bits per heavy atom. The van der Waals surface area contributed by atoms with Crippen molar-refractivity contribution in [3.63, 3.8) is 0 Å². The molecule has 0 fully saturated rings. The smallest absolute Gasteiger partial charge is 0.271 e. The molecule has 26 heavy (non-hydrogen) atoms. The van der Waals surface area contributed by atoms with Crippen molar-refractivity contribution in [3.8, 4) is 5.75 Å². The molecule has 7 nitrogen and oxygen atoms in total. The third-order valence-corrected chi connectivity index (χ3v) is 3.83. The van der Waals surface area contributed by atoms with E-state index in [0.717, 1.165) is 0 Å². The second-order valence-electron chi connectivity index (χ2n) is 5.33. The second-order valence-corrected chi connectivity index (χ2v) is 6.17. The summed E-state index contributed by atoms with van der Waals surface area (Å²) < 4.78 is 5.53. The molecule has 0 saturated carbocycles. The van der Waals surface area contributed by atoms with Crippen LogP contribution in [0.15, 0.2) is 36.8 Å². The molecule has 0 spiro atoms. The molecular formula is C17H18Cl2N4O3. The lowest BCUT2D eigenvalue weighted by Crippen LogP contribution is -2.38. The van der Waals surface area contributed by atoms with Crippen LogP contribution in [0.1, 0.15) is 23.8 Å². The van der Waals surface area contributed by atoms with E-state index in [0.29, 0.717) is 35.3 Å².